The number of para-hydroxylation sites is 1. The van der Waals surface area contributed by atoms with E-state index in [9.17, 15) is 4.79 Å². The molecule has 0 aliphatic rings. The molecule has 0 spiro atoms. The van der Waals surface area contributed by atoms with Gasteiger partial charge in [0.2, 0.25) is 5.91 Å². The number of amides is 1. The van der Waals surface area contributed by atoms with Gasteiger partial charge in [-0.05, 0) is 42.7 Å². The monoisotopic (exact) mass is 380 g/mol. The van der Waals surface area contributed by atoms with Crippen molar-refractivity contribution in [3.63, 3.8) is 0 Å². The largest absolute Gasteiger partial charge is 0.493 e. The molecule has 5 nitrogen and oxygen atoms in total. The highest BCUT2D eigenvalue weighted by molar-refractivity contribution is 5.84. The molecule has 2 aromatic carbocycles. The lowest BCUT2D eigenvalue weighted by atomic mass is 9.90. The maximum atomic E-state index is 12.1. The Labute approximate surface area is 166 Å². The summed E-state index contributed by atoms with van der Waals surface area (Å²) in [6, 6.07) is 14.2. The molecule has 0 fully saturated rings. The Morgan fingerprint density at radius 2 is 1.96 bits per heavy atom. The number of fused-ring (bicyclic) bond motifs is 1. The van der Waals surface area contributed by atoms with Crippen molar-refractivity contribution in [2.45, 2.75) is 32.6 Å². The van der Waals surface area contributed by atoms with Crippen LogP contribution in [-0.4, -0.2) is 31.2 Å². The van der Waals surface area contributed by atoms with E-state index >= 15 is 0 Å². The number of nitrogens with one attached hydrogen (secondary N) is 2. The van der Waals surface area contributed by atoms with Crippen LogP contribution in [0.3, 0.4) is 0 Å². The predicted octanol–water partition coefficient (Wildman–Crippen LogP) is 4.62. The van der Waals surface area contributed by atoms with E-state index in [0.29, 0.717) is 25.3 Å². The van der Waals surface area contributed by atoms with Crippen LogP contribution in [0.2, 0.25) is 0 Å². The van der Waals surface area contributed by atoms with Crippen LogP contribution in [0.25, 0.3) is 10.9 Å². The van der Waals surface area contributed by atoms with E-state index in [1.807, 2.05) is 50.4 Å². The van der Waals surface area contributed by atoms with Crippen molar-refractivity contribution < 1.29 is 14.3 Å². The number of benzene rings is 2. The van der Waals surface area contributed by atoms with Crippen molar-refractivity contribution in [1.29, 1.82) is 0 Å². The summed E-state index contributed by atoms with van der Waals surface area (Å²) in [7, 11) is 1.64. The summed E-state index contributed by atoms with van der Waals surface area (Å²) in [6.07, 6.45) is 3.40. The third-order valence-corrected chi connectivity index (χ3v) is 4.87. The SMILES string of the molecule is CCCC(=O)NC[C@H](c1ccc(OCC)c(OC)c1)c1c[nH]c2ccccc12. The summed E-state index contributed by atoms with van der Waals surface area (Å²) in [5.41, 5.74) is 3.31. The summed E-state index contributed by atoms with van der Waals surface area (Å²) < 4.78 is 11.2. The molecule has 0 aliphatic carbocycles. The molecule has 0 bridgehead atoms. The van der Waals surface area contributed by atoms with Gasteiger partial charge in [-0.3, -0.25) is 4.79 Å². The van der Waals surface area contributed by atoms with Crippen LogP contribution in [0, 0.1) is 0 Å². The molecule has 1 aromatic heterocycles. The van der Waals surface area contributed by atoms with Crippen LogP contribution in [-0.2, 0) is 4.79 Å². The van der Waals surface area contributed by atoms with E-state index in [1.165, 1.54) is 0 Å². The van der Waals surface area contributed by atoms with E-state index in [0.717, 1.165) is 34.2 Å². The van der Waals surface area contributed by atoms with E-state index < -0.39 is 0 Å². The molecular formula is C23H28N2O3. The fourth-order valence-corrected chi connectivity index (χ4v) is 3.50. The van der Waals surface area contributed by atoms with E-state index in [1.54, 1.807) is 7.11 Å². The Morgan fingerprint density at radius 1 is 1.14 bits per heavy atom. The van der Waals surface area contributed by atoms with Crippen molar-refractivity contribution in [3.05, 3.63) is 59.8 Å². The highest BCUT2D eigenvalue weighted by Crippen LogP contribution is 2.35. The smallest absolute Gasteiger partial charge is 0.220 e. The first-order valence-electron chi connectivity index (χ1n) is 9.81. The fraction of sp³-hybridized carbons (Fsp3) is 0.348. The second kappa shape index (κ2) is 9.31. The fourth-order valence-electron chi connectivity index (χ4n) is 3.50. The van der Waals surface area contributed by atoms with Crippen LogP contribution in [0.4, 0.5) is 0 Å². The second-order valence-corrected chi connectivity index (χ2v) is 6.74. The average Bonchev–Trinajstić information content (AvgIpc) is 3.13. The third kappa shape index (κ3) is 4.30. The molecule has 0 unspecified atom stereocenters. The summed E-state index contributed by atoms with van der Waals surface area (Å²) in [6.45, 7) is 5.06. The van der Waals surface area contributed by atoms with Crippen LogP contribution in [0.5, 0.6) is 11.5 Å². The number of carbonyl (C=O) groups is 1. The van der Waals surface area contributed by atoms with Gasteiger partial charge in [0, 0.05) is 36.0 Å². The number of H-pyrrole nitrogens is 1. The standard InChI is InChI=1S/C23H28N2O3/c1-4-8-23(26)25-14-18(19-15-24-20-10-7-6-9-17(19)20)16-11-12-21(28-5-2)22(13-16)27-3/h6-7,9-13,15,18,24H,4-5,8,14H2,1-3H3,(H,25,26)/t18-/m1/s1. The number of aromatic nitrogens is 1. The van der Waals surface area contributed by atoms with Crippen molar-refractivity contribution in [2.24, 2.45) is 0 Å². The van der Waals surface area contributed by atoms with Crippen LogP contribution in [0.15, 0.2) is 48.7 Å². The highest BCUT2D eigenvalue weighted by atomic mass is 16.5. The molecule has 1 heterocycles. The molecule has 28 heavy (non-hydrogen) atoms. The van der Waals surface area contributed by atoms with Gasteiger partial charge in [-0.25, -0.2) is 0 Å². The van der Waals surface area contributed by atoms with Crippen LogP contribution in [0.1, 0.15) is 43.7 Å². The topological polar surface area (TPSA) is 63.4 Å². The number of hydrogen-bond donors (Lipinski definition) is 2. The Kier molecular flexibility index (Phi) is 6.58. The Hall–Kier alpha value is -2.95. The van der Waals surface area contributed by atoms with E-state index in [2.05, 4.69) is 22.4 Å². The molecule has 1 amide bonds. The minimum Gasteiger partial charge on any atom is -0.493 e. The zero-order chi connectivity index (χ0) is 19.9. The molecule has 3 aromatic rings. The van der Waals surface area contributed by atoms with Crippen molar-refractivity contribution >= 4 is 16.8 Å². The van der Waals surface area contributed by atoms with Crippen molar-refractivity contribution in [1.82, 2.24) is 10.3 Å². The van der Waals surface area contributed by atoms with Gasteiger partial charge < -0.3 is 19.8 Å². The van der Waals surface area contributed by atoms with Gasteiger partial charge >= 0.3 is 0 Å². The molecule has 148 valence electrons. The number of hydrogen-bond acceptors (Lipinski definition) is 3. The number of aromatic amines is 1. The second-order valence-electron chi connectivity index (χ2n) is 6.74. The van der Waals surface area contributed by atoms with Gasteiger partial charge in [0.15, 0.2) is 11.5 Å². The summed E-state index contributed by atoms with van der Waals surface area (Å²) >= 11 is 0. The minimum atomic E-state index is 0.00142. The number of methoxy groups -OCH3 is 1. The summed E-state index contributed by atoms with van der Waals surface area (Å²) in [5.74, 6) is 1.50. The normalized spacial score (nSPS) is 12.0. The third-order valence-electron chi connectivity index (χ3n) is 4.87. The van der Waals surface area contributed by atoms with Gasteiger partial charge in [-0.1, -0.05) is 31.2 Å². The molecular weight excluding hydrogens is 352 g/mol. The molecule has 0 saturated carbocycles. The van der Waals surface area contributed by atoms with Gasteiger partial charge in [0.25, 0.3) is 0 Å². The van der Waals surface area contributed by atoms with E-state index in [4.69, 9.17) is 9.47 Å². The lowest BCUT2D eigenvalue weighted by Crippen LogP contribution is -2.28. The van der Waals surface area contributed by atoms with Gasteiger partial charge in [0.1, 0.15) is 0 Å². The first-order valence-corrected chi connectivity index (χ1v) is 9.81. The zero-order valence-electron chi connectivity index (χ0n) is 16.7. The Morgan fingerprint density at radius 3 is 2.71 bits per heavy atom. The maximum absolute atomic E-state index is 12.1. The average molecular weight is 380 g/mol. The Balaban J connectivity index is 1.99. The lowest BCUT2D eigenvalue weighted by Gasteiger charge is -2.20. The molecule has 5 heteroatoms. The van der Waals surface area contributed by atoms with Crippen molar-refractivity contribution in [3.8, 4) is 11.5 Å². The zero-order valence-corrected chi connectivity index (χ0v) is 16.7. The number of carbonyl (C=O) groups excluding carboxylic acids is 1. The number of rotatable bonds is 9. The van der Waals surface area contributed by atoms with Gasteiger partial charge in [-0.15, -0.1) is 0 Å². The van der Waals surface area contributed by atoms with E-state index in [-0.39, 0.29) is 11.8 Å². The summed E-state index contributed by atoms with van der Waals surface area (Å²) in [5, 5.41) is 4.24. The molecule has 0 saturated heterocycles. The van der Waals surface area contributed by atoms with Crippen LogP contribution >= 0.6 is 0 Å². The molecule has 1 atom stereocenters. The minimum absolute atomic E-state index is 0.00142. The first-order chi connectivity index (χ1) is 13.7. The van der Waals surface area contributed by atoms with Gasteiger partial charge in [-0.2, -0.15) is 0 Å². The van der Waals surface area contributed by atoms with Gasteiger partial charge in [0.05, 0.1) is 13.7 Å². The van der Waals surface area contributed by atoms with Crippen molar-refractivity contribution in [2.75, 3.05) is 20.3 Å². The van der Waals surface area contributed by atoms with Crippen LogP contribution < -0.4 is 14.8 Å². The quantitative estimate of drug-likeness (QED) is 0.569. The molecule has 0 aliphatic heterocycles. The molecule has 3 rings (SSSR count). The summed E-state index contributed by atoms with van der Waals surface area (Å²) in [4.78, 5) is 15.5. The highest BCUT2D eigenvalue weighted by Gasteiger charge is 2.20. The Bertz CT molecular complexity index is 932. The maximum Gasteiger partial charge on any atom is 0.220 e. The number of ether oxygens (including phenoxy) is 2. The first kappa shape index (κ1) is 19.8. The predicted molar refractivity (Wildman–Crippen MR) is 112 cm³/mol. The lowest BCUT2D eigenvalue weighted by molar-refractivity contribution is -0.121. The molecule has 2 N–H and O–H groups in total. The molecule has 0 radical (unpaired) electrons.